The highest BCUT2D eigenvalue weighted by Crippen LogP contribution is 2.31. The number of nitrogens with one attached hydrogen (secondary N) is 1. The fourth-order valence-electron chi connectivity index (χ4n) is 1.83. The summed E-state index contributed by atoms with van der Waals surface area (Å²) in [6.07, 6.45) is 1.63. The molecule has 0 radical (unpaired) electrons. The van der Waals surface area contributed by atoms with E-state index in [0.717, 1.165) is 11.3 Å². The summed E-state index contributed by atoms with van der Waals surface area (Å²) < 4.78 is 11.1. The summed E-state index contributed by atoms with van der Waals surface area (Å²) in [6.45, 7) is 5.00. The summed E-state index contributed by atoms with van der Waals surface area (Å²) in [5.41, 5.74) is 1.63. The molecule has 2 aromatic rings. The van der Waals surface area contributed by atoms with Gasteiger partial charge in [-0.25, -0.2) is 0 Å². The van der Waals surface area contributed by atoms with Crippen LogP contribution in [-0.4, -0.2) is 18.2 Å². The first-order valence-electron chi connectivity index (χ1n) is 6.33. The predicted octanol–water partition coefficient (Wildman–Crippen LogP) is 2.84. The lowest BCUT2D eigenvalue weighted by Gasteiger charge is -2.12. The molecule has 100 valence electrons. The van der Waals surface area contributed by atoms with Crippen molar-refractivity contribution in [1.82, 2.24) is 4.98 Å². The molecule has 0 unspecified atom stereocenters. The number of aromatic nitrogens is 1. The van der Waals surface area contributed by atoms with Crippen LogP contribution in [0.2, 0.25) is 0 Å². The van der Waals surface area contributed by atoms with Crippen LogP contribution in [0.5, 0.6) is 11.5 Å². The largest absolute Gasteiger partial charge is 0.490 e. The van der Waals surface area contributed by atoms with Gasteiger partial charge in [-0.15, -0.1) is 0 Å². The van der Waals surface area contributed by atoms with E-state index in [-0.39, 0.29) is 5.43 Å². The van der Waals surface area contributed by atoms with Crippen molar-refractivity contribution in [2.75, 3.05) is 13.2 Å². The third kappa shape index (κ3) is 3.16. The van der Waals surface area contributed by atoms with Gasteiger partial charge in [-0.1, -0.05) is 0 Å². The summed E-state index contributed by atoms with van der Waals surface area (Å²) in [7, 11) is 0. The fraction of sp³-hybridized carbons (Fsp3) is 0.267. The van der Waals surface area contributed by atoms with E-state index in [1.54, 1.807) is 12.3 Å². The second-order valence-corrected chi connectivity index (χ2v) is 3.97. The van der Waals surface area contributed by atoms with Crippen molar-refractivity contribution in [3.05, 3.63) is 46.8 Å². The molecule has 0 fully saturated rings. The van der Waals surface area contributed by atoms with Crippen LogP contribution in [0.15, 0.2) is 41.3 Å². The Morgan fingerprint density at radius 1 is 1.00 bits per heavy atom. The van der Waals surface area contributed by atoms with Crippen LogP contribution in [-0.2, 0) is 0 Å². The summed E-state index contributed by atoms with van der Waals surface area (Å²) in [6, 6.07) is 8.68. The van der Waals surface area contributed by atoms with Gasteiger partial charge in [0.25, 0.3) is 0 Å². The highest BCUT2D eigenvalue weighted by molar-refractivity contribution is 5.63. The van der Waals surface area contributed by atoms with E-state index >= 15 is 0 Å². The van der Waals surface area contributed by atoms with E-state index in [1.165, 1.54) is 6.07 Å². The minimum atomic E-state index is -0.0272. The van der Waals surface area contributed by atoms with E-state index < -0.39 is 0 Å². The van der Waals surface area contributed by atoms with Crippen LogP contribution in [0.1, 0.15) is 13.8 Å². The minimum Gasteiger partial charge on any atom is -0.490 e. The Kier molecular flexibility index (Phi) is 4.23. The van der Waals surface area contributed by atoms with E-state index in [4.69, 9.17) is 9.47 Å². The number of hydrogen-bond acceptors (Lipinski definition) is 3. The first-order valence-corrected chi connectivity index (χ1v) is 6.33. The van der Waals surface area contributed by atoms with Gasteiger partial charge >= 0.3 is 0 Å². The Labute approximate surface area is 112 Å². The molecular formula is C15H17NO3. The van der Waals surface area contributed by atoms with Crippen molar-refractivity contribution >= 4 is 0 Å². The Hall–Kier alpha value is -2.23. The van der Waals surface area contributed by atoms with Gasteiger partial charge < -0.3 is 14.5 Å². The van der Waals surface area contributed by atoms with E-state index in [9.17, 15) is 4.79 Å². The Bertz CT molecular complexity index is 604. The molecule has 0 aliphatic heterocycles. The summed E-state index contributed by atoms with van der Waals surface area (Å²) in [5, 5.41) is 0. The molecule has 1 heterocycles. The number of rotatable bonds is 5. The van der Waals surface area contributed by atoms with E-state index in [0.29, 0.717) is 24.7 Å². The molecule has 19 heavy (non-hydrogen) atoms. The number of H-pyrrole nitrogens is 1. The maximum atomic E-state index is 11.4. The van der Waals surface area contributed by atoms with Crippen LogP contribution in [0, 0.1) is 0 Å². The maximum absolute atomic E-state index is 11.4. The Morgan fingerprint density at radius 2 is 1.74 bits per heavy atom. The van der Waals surface area contributed by atoms with Crippen molar-refractivity contribution in [2.45, 2.75) is 13.8 Å². The highest BCUT2D eigenvalue weighted by atomic mass is 16.5. The molecule has 0 atom stereocenters. The minimum absolute atomic E-state index is 0.0272. The van der Waals surface area contributed by atoms with Gasteiger partial charge in [0, 0.05) is 29.6 Å². The Balaban J connectivity index is 2.42. The molecule has 0 saturated carbocycles. The van der Waals surface area contributed by atoms with Crippen molar-refractivity contribution in [1.29, 1.82) is 0 Å². The lowest BCUT2D eigenvalue weighted by molar-refractivity contribution is 0.288. The maximum Gasteiger partial charge on any atom is 0.182 e. The zero-order valence-corrected chi connectivity index (χ0v) is 11.1. The lowest BCUT2D eigenvalue weighted by atomic mass is 10.1. The quantitative estimate of drug-likeness (QED) is 0.898. The van der Waals surface area contributed by atoms with Crippen molar-refractivity contribution < 1.29 is 9.47 Å². The Morgan fingerprint density at radius 3 is 2.42 bits per heavy atom. The van der Waals surface area contributed by atoms with E-state index in [1.807, 2.05) is 32.0 Å². The monoisotopic (exact) mass is 259 g/mol. The molecule has 0 aliphatic rings. The number of ether oxygens (including phenoxy) is 2. The number of aromatic amines is 1. The van der Waals surface area contributed by atoms with Crippen LogP contribution < -0.4 is 14.9 Å². The molecule has 1 aromatic carbocycles. The molecule has 4 heteroatoms. The summed E-state index contributed by atoms with van der Waals surface area (Å²) >= 11 is 0. The van der Waals surface area contributed by atoms with Gasteiger partial charge in [0.2, 0.25) is 0 Å². The molecule has 0 spiro atoms. The number of benzene rings is 1. The van der Waals surface area contributed by atoms with Gasteiger partial charge in [-0.2, -0.15) is 0 Å². The second kappa shape index (κ2) is 6.09. The average molecular weight is 259 g/mol. The topological polar surface area (TPSA) is 51.3 Å². The molecule has 2 rings (SSSR count). The highest BCUT2D eigenvalue weighted by Gasteiger charge is 2.07. The number of hydrogen-bond donors (Lipinski definition) is 1. The SMILES string of the molecule is CCOc1ccc(-c2cc(=O)cc[nH]2)cc1OCC. The van der Waals surface area contributed by atoms with Gasteiger partial charge in [-0.05, 0) is 32.0 Å². The lowest BCUT2D eigenvalue weighted by Crippen LogP contribution is -2.00. The third-order valence-electron chi connectivity index (χ3n) is 2.63. The zero-order valence-electron chi connectivity index (χ0n) is 11.1. The van der Waals surface area contributed by atoms with Crippen molar-refractivity contribution in [3.63, 3.8) is 0 Å². The van der Waals surface area contributed by atoms with Gasteiger partial charge in [-0.3, -0.25) is 4.79 Å². The zero-order chi connectivity index (χ0) is 13.7. The van der Waals surface area contributed by atoms with Gasteiger partial charge in [0.15, 0.2) is 16.9 Å². The van der Waals surface area contributed by atoms with Crippen LogP contribution in [0.25, 0.3) is 11.3 Å². The van der Waals surface area contributed by atoms with Crippen molar-refractivity contribution in [2.24, 2.45) is 0 Å². The van der Waals surface area contributed by atoms with Gasteiger partial charge in [0.1, 0.15) is 0 Å². The normalized spacial score (nSPS) is 10.2. The summed E-state index contributed by atoms with van der Waals surface area (Å²) in [5.74, 6) is 1.40. The second-order valence-electron chi connectivity index (χ2n) is 3.97. The average Bonchev–Trinajstić information content (AvgIpc) is 2.41. The molecule has 1 aromatic heterocycles. The van der Waals surface area contributed by atoms with Crippen LogP contribution >= 0.6 is 0 Å². The fourth-order valence-corrected chi connectivity index (χ4v) is 1.83. The molecule has 1 N–H and O–H groups in total. The van der Waals surface area contributed by atoms with Crippen LogP contribution in [0.4, 0.5) is 0 Å². The molecule has 4 nitrogen and oxygen atoms in total. The summed E-state index contributed by atoms with van der Waals surface area (Å²) in [4.78, 5) is 14.4. The smallest absolute Gasteiger partial charge is 0.182 e. The van der Waals surface area contributed by atoms with Crippen LogP contribution in [0.3, 0.4) is 0 Å². The third-order valence-corrected chi connectivity index (χ3v) is 2.63. The first-order chi connectivity index (χ1) is 9.24. The molecule has 0 aliphatic carbocycles. The standard InChI is InChI=1S/C15H17NO3/c1-3-18-14-6-5-11(9-15(14)19-4-2)13-10-12(17)7-8-16-13/h5-10H,3-4H2,1-2H3,(H,16,17). The molecule has 0 amide bonds. The van der Waals surface area contributed by atoms with E-state index in [2.05, 4.69) is 4.98 Å². The predicted molar refractivity (Wildman–Crippen MR) is 74.8 cm³/mol. The number of pyridine rings is 1. The first kappa shape index (κ1) is 13.2. The molecule has 0 bridgehead atoms. The molecule has 0 saturated heterocycles. The van der Waals surface area contributed by atoms with Gasteiger partial charge in [0.05, 0.1) is 13.2 Å². The van der Waals surface area contributed by atoms with Crippen molar-refractivity contribution in [3.8, 4) is 22.8 Å². The molecular weight excluding hydrogens is 242 g/mol.